The Hall–Kier alpha value is -0.960. The summed E-state index contributed by atoms with van der Waals surface area (Å²) in [7, 11) is 4.08. The molecule has 0 saturated carbocycles. The van der Waals surface area contributed by atoms with Crippen molar-refractivity contribution in [3.8, 4) is 0 Å². The lowest BCUT2D eigenvalue weighted by molar-refractivity contribution is 0.388. The normalized spacial score (nSPS) is 11.5. The largest absolute Gasteiger partial charge is 0.302 e. The molecule has 3 heteroatoms. The number of rotatable bonds is 4. The number of aryl methyl sites for hydroxylation is 2. The predicted octanol–water partition coefficient (Wildman–Crippen LogP) is 2.53. The van der Waals surface area contributed by atoms with Gasteiger partial charge in [-0.1, -0.05) is 20.8 Å². The fourth-order valence-electron chi connectivity index (χ4n) is 2.08. The fraction of sp³-hybridized carbons (Fsp3) is 0.692. The van der Waals surface area contributed by atoms with Crippen LogP contribution in [0.25, 0.3) is 0 Å². The molecule has 90 valence electrons. The van der Waals surface area contributed by atoms with E-state index in [9.17, 15) is 0 Å². The van der Waals surface area contributed by atoms with Gasteiger partial charge in [-0.15, -0.1) is 0 Å². The van der Waals surface area contributed by atoms with Crippen molar-refractivity contribution in [2.24, 2.45) is 0 Å². The van der Waals surface area contributed by atoms with Crippen LogP contribution in [0.5, 0.6) is 0 Å². The number of aromatic nitrogens is 2. The Morgan fingerprint density at radius 2 is 1.81 bits per heavy atom. The van der Waals surface area contributed by atoms with Gasteiger partial charge >= 0.3 is 0 Å². The van der Waals surface area contributed by atoms with E-state index < -0.39 is 0 Å². The summed E-state index contributed by atoms with van der Waals surface area (Å²) in [6.07, 6.45) is 0.983. The van der Waals surface area contributed by atoms with Crippen LogP contribution in [0, 0.1) is 6.92 Å². The highest BCUT2D eigenvalue weighted by Crippen LogP contribution is 2.21. The van der Waals surface area contributed by atoms with Crippen LogP contribution in [0.1, 0.15) is 49.5 Å². The molecule has 0 amide bonds. The van der Waals surface area contributed by atoms with Gasteiger partial charge in [0.15, 0.2) is 0 Å². The van der Waals surface area contributed by atoms with E-state index in [0.29, 0.717) is 5.92 Å². The van der Waals surface area contributed by atoms with Gasteiger partial charge in [-0.05, 0) is 38.9 Å². The van der Waals surface area contributed by atoms with Crippen LogP contribution >= 0.6 is 0 Å². The van der Waals surface area contributed by atoms with Crippen molar-refractivity contribution in [3.63, 3.8) is 0 Å². The van der Waals surface area contributed by atoms with Crippen LogP contribution in [0.15, 0.2) is 0 Å². The summed E-state index contributed by atoms with van der Waals surface area (Å²) in [5.74, 6) is 1.44. The molecule has 0 atom stereocenters. The average Bonchev–Trinajstić information content (AvgIpc) is 2.14. The first-order chi connectivity index (χ1) is 7.45. The second-order valence-electron chi connectivity index (χ2n) is 4.83. The van der Waals surface area contributed by atoms with Crippen LogP contribution < -0.4 is 0 Å². The lowest BCUT2D eigenvalue weighted by Crippen LogP contribution is -2.16. The molecule has 1 heterocycles. The summed E-state index contributed by atoms with van der Waals surface area (Å²) in [5, 5.41) is 0. The zero-order valence-electron chi connectivity index (χ0n) is 11.3. The zero-order chi connectivity index (χ0) is 12.3. The van der Waals surface area contributed by atoms with Crippen molar-refractivity contribution in [2.45, 2.75) is 46.6 Å². The van der Waals surface area contributed by atoms with E-state index in [-0.39, 0.29) is 0 Å². The van der Waals surface area contributed by atoms with Crippen molar-refractivity contribution in [1.82, 2.24) is 14.9 Å². The Balaban J connectivity index is 3.16. The first kappa shape index (κ1) is 13.1. The molecule has 0 aliphatic heterocycles. The lowest BCUT2D eigenvalue weighted by Gasteiger charge is -2.16. The van der Waals surface area contributed by atoms with Crippen molar-refractivity contribution in [3.05, 3.63) is 22.8 Å². The fourth-order valence-corrected chi connectivity index (χ4v) is 2.08. The molecule has 1 aromatic heterocycles. The lowest BCUT2D eigenvalue weighted by atomic mass is 9.98. The Labute approximate surface area is 98.9 Å². The molecule has 0 bridgehead atoms. The van der Waals surface area contributed by atoms with Crippen LogP contribution in [0.2, 0.25) is 0 Å². The second kappa shape index (κ2) is 5.39. The van der Waals surface area contributed by atoms with E-state index in [0.717, 1.165) is 24.5 Å². The Bertz CT molecular complexity index is 356. The van der Waals surface area contributed by atoms with Gasteiger partial charge in [-0.2, -0.15) is 0 Å². The summed E-state index contributed by atoms with van der Waals surface area (Å²) in [5.41, 5.74) is 3.67. The van der Waals surface area contributed by atoms with Crippen molar-refractivity contribution in [2.75, 3.05) is 14.1 Å². The Morgan fingerprint density at radius 1 is 1.19 bits per heavy atom. The SMILES string of the molecule is CCc1nc(CN(C)C)nc(C)c1C(C)C. The second-order valence-corrected chi connectivity index (χ2v) is 4.83. The van der Waals surface area contributed by atoms with E-state index in [1.807, 2.05) is 14.1 Å². The van der Waals surface area contributed by atoms with E-state index in [1.165, 1.54) is 11.3 Å². The van der Waals surface area contributed by atoms with Crippen molar-refractivity contribution >= 4 is 0 Å². The number of hydrogen-bond acceptors (Lipinski definition) is 3. The minimum absolute atomic E-state index is 0.503. The molecule has 0 unspecified atom stereocenters. The molecule has 0 N–H and O–H groups in total. The van der Waals surface area contributed by atoms with Crippen LogP contribution in [-0.4, -0.2) is 29.0 Å². The van der Waals surface area contributed by atoms with Gasteiger partial charge in [0.1, 0.15) is 5.82 Å². The van der Waals surface area contributed by atoms with Gasteiger partial charge in [0.25, 0.3) is 0 Å². The quantitative estimate of drug-likeness (QED) is 0.782. The maximum absolute atomic E-state index is 4.66. The zero-order valence-corrected chi connectivity index (χ0v) is 11.3. The highest BCUT2D eigenvalue weighted by Gasteiger charge is 2.13. The van der Waals surface area contributed by atoms with Crippen molar-refractivity contribution < 1.29 is 0 Å². The van der Waals surface area contributed by atoms with Crippen molar-refractivity contribution in [1.29, 1.82) is 0 Å². The standard InChI is InChI=1S/C13H23N3/c1-7-11-13(9(2)3)10(4)14-12(15-11)8-16(5)6/h9H,7-8H2,1-6H3. The summed E-state index contributed by atoms with van der Waals surface area (Å²) >= 11 is 0. The first-order valence-electron chi connectivity index (χ1n) is 5.96. The van der Waals surface area contributed by atoms with Gasteiger partial charge in [-0.3, -0.25) is 0 Å². The molecule has 3 nitrogen and oxygen atoms in total. The number of nitrogens with zero attached hydrogens (tertiary/aromatic N) is 3. The van der Waals surface area contributed by atoms with E-state index in [2.05, 4.69) is 42.6 Å². The number of hydrogen-bond donors (Lipinski definition) is 0. The van der Waals surface area contributed by atoms with E-state index in [1.54, 1.807) is 0 Å². The molecule has 0 fully saturated rings. The van der Waals surface area contributed by atoms with Gasteiger partial charge in [0.05, 0.1) is 6.54 Å². The maximum atomic E-state index is 4.66. The highest BCUT2D eigenvalue weighted by molar-refractivity contribution is 5.28. The summed E-state index contributed by atoms with van der Waals surface area (Å²) in [6.45, 7) is 9.47. The molecular weight excluding hydrogens is 198 g/mol. The third kappa shape index (κ3) is 3.01. The van der Waals surface area contributed by atoms with Gasteiger partial charge in [-0.25, -0.2) is 9.97 Å². The van der Waals surface area contributed by atoms with Crippen LogP contribution in [-0.2, 0) is 13.0 Å². The molecule has 16 heavy (non-hydrogen) atoms. The summed E-state index contributed by atoms with van der Waals surface area (Å²) in [4.78, 5) is 11.4. The summed E-state index contributed by atoms with van der Waals surface area (Å²) < 4.78 is 0. The molecule has 1 aromatic rings. The molecule has 1 rings (SSSR count). The third-order valence-corrected chi connectivity index (χ3v) is 2.63. The molecule has 0 aliphatic rings. The Morgan fingerprint density at radius 3 is 2.25 bits per heavy atom. The maximum Gasteiger partial charge on any atom is 0.142 e. The molecule has 0 radical (unpaired) electrons. The minimum atomic E-state index is 0.503. The topological polar surface area (TPSA) is 29.0 Å². The van der Waals surface area contributed by atoms with E-state index in [4.69, 9.17) is 0 Å². The smallest absolute Gasteiger partial charge is 0.142 e. The van der Waals surface area contributed by atoms with Crippen LogP contribution in [0.4, 0.5) is 0 Å². The Kier molecular flexibility index (Phi) is 4.42. The molecule has 0 aromatic carbocycles. The van der Waals surface area contributed by atoms with Crippen LogP contribution in [0.3, 0.4) is 0 Å². The molecule has 0 saturated heterocycles. The minimum Gasteiger partial charge on any atom is -0.302 e. The van der Waals surface area contributed by atoms with Gasteiger partial charge < -0.3 is 4.90 Å². The predicted molar refractivity (Wildman–Crippen MR) is 67.6 cm³/mol. The highest BCUT2D eigenvalue weighted by atomic mass is 15.1. The van der Waals surface area contributed by atoms with Gasteiger partial charge in [0.2, 0.25) is 0 Å². The van der Waals surface area contributed by atoms with Gasteiger partial charge in [0, 0.05) is 11.4 Å². The molecular formula is C13H23N3. The van der Waals surface area contributed by atoms with E-state index >= 15 is 0 Å². The first-order valence-corrected chi connectivity index (χ1v) is 5.96. The monoisotopic (exact) mass is 221 g/mol. The third-order valence-electron chi connectivity index (χ3n) is 2.63. The summed E-state index contributed by atoms with van der Waals surface area (Å²) in [6, 6.07) is 0. The molecule has 0 spiro atoms. The molecule has 0 aliphatic carbocycles. The average molecular weight is 221 g/mol.